The fourth-order valence-corrected chi connectivity index (χ4v) is 2.20. The van der Waals surface area contributed by atoms with Crippen LogP contribution in [0, 0.1) is 5.92 Å². The Balaban J connectivity index is 2.48. The molecule has 2 atom stereocenters. The third-order valence-electron chi connectivity index (χ3n) is 3.03. The lowest BCUT2D eigenvalue weighted by atomic mass is 10.1. The minimum Gasteiger partial charge on any atom is -0.384 e. The topological polar surface area (TPSA) is 43.8 Å². The van der Waals surface area contributed by atoms with Crippen molar-refractivity contribution in [1.29, 1.82) is 0 Å². The lowest BCUT2D eigenvalue weighted by Gasteiger charge is -2.41. The predicted octanol–water partition coefficient (Wildman–Crippen LogP) is 0.556. The number of aliphatic hydroxyl groups excluding tert-OH is 1. The maximum atomic E-state index is 11.6. The van der Waals surface area contributed by atoms with E-state index in [1.165, 1.54) is 6.92 Å². The van der Waals surface area contributed by atoms with Gasteiger partial charge in [-0.1, -0.05) is 13.8 Å². The summed E-state index contributed by atoms with van der Waals surface area (Å²) in [6.07, 6.45) is -0.871. The highest BCUT2D eigenvalue weighted by Crippen LogP contribution is 2.12. The second-order valence-electron chi connectivity index (χ2n) is 5.20. The van der Waals surface area contributed by atoms with E-state index in [1.54, 1.807) is 4.90 Å². The van der Waals surface area contributed by atoms with Gasteiger partial charge in [-0.15, -0.1) is 0 Å². The first-order valence-electron chi connectivity index (χ1n) is 6.12. The molecule has 1 N–H and O–H groups in total. The highest BCUT2D eigenvalue weighted by molar-refractivity contribution is 5.80. The molecule has 0 aromatic carbocycles. The van der Waals surface area contributed by atoms with Crippen LogP contribution in [0.4, 0.5) is 0 Å². The summed E-state index contributed by atoms with van der Waals surface area (Å²) in [6, 6.07) is 0.388. The SMILES string of the molecule is CC(C)CN1CCN(C(=O)[C@H](C)O)C[C@@H]1C. The van der Waals surface area contributed by atoms with E-state index in [-0.39, 0.29) is 5.91 Å². The fraction of sp³-hybridized carbons (Fsp3) is 0.917. The maximum absolute atomic E-state index is 11.6. The molecule has 0 bridgehead atoms. The van der Waals surface area contributed by atoms with Crippen LogP contribution in [0.15, 0.2) is 0 Å². The number of piperazine rings is 1. The van der Waals surface area contributed by atoms with Gasteiger partial charge in [-0.25, -0.2) is 0 Å². The van der Waals surface area contributed by atoms with E-state index in [0.717, 1.165) is 26.2 Å². The molecule has 1 rings (SSSR count). The van der Waals surface area contributed by atoms with Crippen LogP contribution in [-0.2, 0) is 4.79 Å². The molecule has 0 aromatic rings. The number of carbonyl (C=O) groups excluding carboxylic acids is 1. The molecule has 1 aliphatic rings. The van der Waals surface area contributed by atoms with Crippen molar-refractivity contribution in [1.82, 2.24) is 9.80 Å². The Labute approximate surface area is 98.2 Å². The van der Waals surface area contributed by atoms with Crippen molar-refractivity contribution in [3.8, 4) is 0 Å². The summed E-state index contributed by atoms with van der Waals surface area (Å²) in [5.74, 6) is 0.512. The molecule has 1 amide bonds. The van der Waals surface area contributed by atoms with E-state index in [1.807, 2.05) is 0 Å². The van der Waals surface area contributed by atoms with E-state index in [2.05, 4.69) is 25.7 Å². The summed E-state index contributed by atoms with van der Waals surface area (Å²) in [5.41, 5.74) is 0. The lowest BCUT2D eigenvalue weighted by Crippen LogP contribution is -2.55. The summed E-state index contributed by atoms with van der Waals surface area (Å²) >= 11 is 0. The number of carbonyl (C=O) groups is 1. The van der Waals surface area contributed by atoms with Crippen LogP contribution in [0.3, 0.4) is 0 Å². The summed E-state index contributed by atoms with van der Waals surface area (Å²) in [7, 11) is 0. The Kier molecular flexibility index (Phi) is 4.74. The van der Waals surface area contributed by atoms with E-state index in [9.17, 15) is 9.90 Å². The van der Waals surface area contributed by atoms with Gasteiger partial charge in [-0.2, -0.15) is 0 Å². The molecule has 4 nitrogen and oxygen atoms in total. The van der Waals surface area contributed by atoms with Gasteiger partial charge in [-0.3, -0.25) is 9.69 Å². The second-order valence-corrected chi connectivity index (χ2v) is 5.20. The average molecular weight is 228 g/mol. The van der Waals surface area contributed by atoms with Gasteiger partial charge in [0, 0.05) is 32.2 Å². The zero-order chi connectivity index (χ0) is 12.3. The maximum Gasteiger partial charge on any atom is 0.251 e. The highest BCUT2D eigenvalue weighted by Gasteiger charge is 2.28. The zero-order valence-electron chi connectivity index (χ0n) is 10.8. The van der Waals surface area contributed by atoms with Crippen LogP contribution in [-0.4, -0.2) is 59.1 Å². The molecule has 1 aliphatic heterocycles. The van der Waals surface area contributed by atoms with Crippen LogP contribution in [0.2, 0.25) is 0 Å². The standard InChI is InChI=1S/C12H24N2O2/c1-9(2)7-13-5-6-14(8-10(13)3)12(16)11(4)15/h9-11,15H,5-8H2,1-4H3/t10-,11-/m0/s1. The van der Waals surface area contributed by atoms with Gasteiger partial charge < -0.3 is 10.0 Å². The Morgan fingerprint density at radius 1 is 1.38 bits per heavy atom. The Hall–Kier alpha value is -0.610. The molecular formula is C12H24N2O2. The molecule has 4 heteroatoms. The van der Waals surface area contributed by atoms with E-state index in [4.69, 9.17) is 0 Å². The van der Waals surface area contributed by atoms with Crippen molar-refractivity contribution in [2.75, 3.05) is 26.2 Å². The molecule has 0 spiro atoms. The summed E-state index contributed by atoms with van der Waals surface area (Å²) in [4.78, 5) is 15.8. The second kappa shape index (κ2) is 5.64. The largest absolute Gasteiger partial charge is 0.384 e. The van der Waals surface area contributed by atoms with Gasteiger partial charge in [0.1, 0.15) is 6.10 Å². The van der Waals surface area contributed by atoms with E-state index >= 15 is 0 Å². The molecule has 1 fully saturated rings. The van der Waals surface area contributed by atoms with Crippen LogP contribution >= 0.6 is 0 Å². The molecule has 0 unspecified atom stereocenters. The van der Waals surface area contributed by atoms with Gasteiger partial charge in [0.25, 0.3) is 5.91 Å². The van der Waals surface area contributed by atoms with E-state index in [0.29, 0.717) is 12.0 Å². The van der Waals surface area contributed by atoms with Crippen molar-refractivity contribution < 1.29 is 9.90 Å². The zero-order valence-corrected chi connectivity index (χ0v) is 10.8. The predicted molar refractivity (Wildman–Crippen MR) is 64.1 cm³/mol. The van der Waals surface area contributed by atoms with Gasteiger partial charge in [0.15, 0.2) is 0 Å². The molecule has 0 saturated carbocycles. The lowest BCUT2D eigenvalue weighted by molar-refractivity contribution is -0.142. The highest BCUT2D eigenvalue weighted by atomic mass is 16.3. The quantitative estimate of drug-likeness (QED) is 0.767. The molecule has 1 saturated heterocycles. The summed E-state index contributed by atoms with van der Waals surface area (Å²) in [5, 5.41) is 9.27. The van der Waals surface area contributed by atoms with Crippen LogP contribution in [0.1, 0.15) is 27.7 Å². The van der Waals surface area contributed by atoms with Gasteiger partial charge in [0.05, 0.1) is 0 Å². The Morgan fingerprint density at radius 2 is 2.00 bits per heavy atom. The fourth-order valence-electron chi connectivity index (χ4n) is 2.20. The minimum atomic E-state index is -0.871. The first-order valence-corrected chi connectivity index (χ1v) is 6.12. The average Bonchev–Trinajstić information content (AvgIpc) is 2.19. The number of hydrogen-bond acceptors (Lipinski definition) is 3. The van der Waals surface area contributed by atoms with Crippen molar-refractivity contribution in [2.24, 2.45) is 5.92 Å². The van der Waals surface area contributed by atoms with Crippen molar-refractivity contribution in [3.05, 3.63) is 0 Å². The van der Waals surface area contributed by atoms with Crippen LogP contribution in [0.25, 0.3) is 0 Å². The van der Waals surface area contributed by atoms with Crippen molar-refractivity contribution in [2.45, 2.75) is 39.8 Å². The van der Waals surface area contributed by atoms with Crippen molar-refractivity contribution >= 4 is 5.91 Å². The molecule has 94 valence electrons. The van der Waals surface area contributed by atoms with Gasteiger partial charge in [-0.05, 0) is 19.8 Å². The molecule has 0 aromatic heterocycles. The first kappa shape index (κ1) is 13.5. The number of nitrogens with zero attached hydrogens (tertiary/aromatic N) is 2. The van der Waals surface area contributed by atoms with Gasteiger partial charge >= 0.3 is 0 Å². The normalized spacial score (nSPS) is 24.9. The van der Waals surface area contributed by atoms with E-state index < -0.39 is 6.10 Å². The summed E-state index contributed by atoms with van der Waals surface area (Å²) < 4.78 is 0. The number of rotatable bonds is 3. The third kappa shape index (κ3) is 3.46. The minimum absolute atomic E-state index is 0.143. The smallest absolute Gasteiger partial charge is 0.251 e. The number of aliphatic hydroxyl groups is 1. The van der Waals surface area contributed by atoms with Gasteiger partial charge in [0.2, 0.25) is 0 Å². The Morgan fingerprint density at radius 3 is 2.44 bits per heavy atom. The molecule has 16 heavy (non-hydrogen) atoms. The summed E-state index contributed by atoms with van der Waals surface area (Å²) in [6.45, 7) is 11.6. The first-order chi connectivity index (χ1) is 7.41. The molecule has 1 heterocycles. The number of hydrogen-bond donors (Lipinski definition) is 1. The van der Waals surface area contributed by atoms with Crippen LogP contribution < -0.4 is 0 Å². The monoisotopic (exact) mass is 228 g/mol. The molecule has 0 radical (unpaired) electrons. The Bertz CT molecular complexity index is 241. The molecular weight excluding hydrogens is 204 g/mol. The third-order valence-corrected chi connectivity index (χ3v) is 3.03. The van der Waals surface area contributed by atoms with Crippen LogP contribution in [0.5, 0.6) is 0 Å². The van der Waals surface area contributed by atoms with Crippen molar-refractivity contribution in [3.63, 3.8) is 0 Å². The molecule has 0 aliphatic carbocycles. The number of amides is 1.